The molecule has 1 N–H and O–H groups in total. The Morgan fingerprint density at radius 3 is 3.10 bits per heavy atom. The monoisotopic (exact) mass is 312 g/mol. The van der Waals surface area contributed by atoms with Gasteiger partial charge in [-0.1, -0.05) is 11.6 Å². The molecule has 2 amide bonds. The first-order chi connectivity index (χ1) is 10.2. The number of rotatable bonds is 6. The minimum atomic E-state index is -0.199. The summed E-state index contributed by atoms with van der Waals surface area (Å²) < 4.78 is 5.03. The molecule has 7 nitrogen and oxygen atoms in total. The van der Waals surface area contributed by atoms with Crippen molar-refractivity contribution in [2.45, 2.75) is 38.0 Å². The van der Waals surface area contributed by atoms with E-state index >= 15 is 0 Å². The van der Waals surface area contributed by atoms with E-state index < -0.39 is 0 Å². The molecule has 1 saturated heterocycles. The molecule has 21 heavy (non-hydrogen) atoms. The van der Waals surface area contributed by atoms with Gasteiger partial charge < -0.3 is 14.7 Å². The fraction of sp³-hybridized carbons (Fsp3) is 0.692. The van der Waals surface area contributed by atoms with E-state index in [-0.39, 0.29) is 24.9 Å². The lowest BCUT2D eigenvalue weighted by molar-refractivity contribution is -0.135. The molecule has 0 bridgehead atoms. The van der Waals surface area contributed by atoms with Gasteiger partial charge in [-0.2, -0.15) is 16.7 Å². The number of carbonyl (C=O) groups excluding carboxylic acids is 2. The Balaban J connectivity index is 1.76. The van der Waals surface area contributed by atoms with Crippen molar-refractivity contribution in [3.8, 4) is 0 Å². The zero-order valence-corrected chi connectivity index (χ0v) is 12.9. The fourth-order valence-corrected chi connectivity index (χ4v) is 2.53. The quantitative estimate of drug-likeness (QED) is 0.841. The van der Waals surface area contributed by atoms with Crippen LogP contribution in [0.25, 0.3) is 0 Å². The smallest absolute Gasteiger partial charge is 0.246 e. The Morgan fingerprint density at radius 1 is 1.43 bits per heavy atom. The van der Waals surface area contributed by atoms with Gasteiger partial charge in [-0.25, -0.2) is 0 Å². The van der Waals surface area contributed by atoms with Crippen molar-refractivity contribution in [2.24, 2.45) is 0 Å². The highest BCUT2D eigenvalue weighted by Crippen LogP contribution is 2.10. The standard InChI is InChI=1S/C13H20N4O3S/c1-21-9-10-15-12(20-16-10)7-14-11(18)8-17-6-4-2-3-5-13(17)19/h2-9H2,1H3,(H,14,18). The van der Waals surface area contributed by atoms with E-state index in [1.807, 2.05) is 6.26 Å². The summed E-state index contributed by atoms with van der Waals surface area (Å²) in [6.45, 7) is 0.956. The summed E-state index contributed by atoms with van der Waals surface area (Å²) in [6, 6.07) is 0. The van der Waals surface area contributed by atoms with Crippen molar-refractivity contribution in [3.05, 3.63) is 11.7 Å². The molecular formula is C13H20N4O3S. The Hall–Kier alpha value is -1.57. The number of thioether (sulfide) groups is 1. The third-order valence-corrected chi connectivity index (χ3v) is 3.77. The second-order valence-corrected chi connectivity index (χ2v) is 5.81. The van der Waals surface area contributed by atoms with Gasteiger partial charge in [-0.15, -0.1) is 0 Å². The molecule has 1 fully saturated rings. The van der Waals surface area contributed by atoms with E-state index in [9.17, 15) is 9.59 Å². The summed E-state index contributed by atoms with van der Waals surface area (Å²) in [5.74, 6) is 1.54. The normalized spacial score (nSPS) is 15.9. The van der Waals surface area contributed by atoms with Crippen molar-refractivity contribution in [1.29, 1.82) is 0 Å². The summed E-state index contributed by atoms with van der Waals surface area (Å²) in [5.41, 5.74) is 0. The van der Waals surface area contributed by atoms with E-state index in [0.717, 1.165) is 19.3 Å². The number of likely N-dealkylation sites (tertiary alicyclic amines) is 1. The van der Waals surface area contributed by atoms with E-state index in [4.69, 9.17) is 4.52 Å². The molecule has 0 atom stereocenters. The predicted octanol–water partition coefficient (Wildman–Crippen LogP) is 0.951. The predicted molar refractivity (Wildman–Crippen MR) is 78.4 cm³/mol. The highest BCUT2D eigenvalue weighted by atomic mass is 32.2. The summed E-state index contributed by atoms with van der Waals surface area (Å²) in [7, 11) is 0. The average molecular weight is 312 g/mol. The molecule has 0 radical (unpaired) electrons. The topological polar surface area (TPSA) is 88.3 Å². The Morgan fingerprint density at radius 2 is 2.29 bits per heavy atom. The van der Waals surface area contributed by atoms with E-state index in [1.54, 1.807) is 16.7 Å². The lowest BCUT2D eigenvalue weighted by atomic mass is 10.2. The zero-order chi connectivity index (χ0) is 15.1. The Kier molecular flexibility index (Phi) is 6.04. The first kappa shape index (κ1) is 15.8. The molecule has 0 spiro atoms. The largest absolute Gasteiger partial charge is 0.345 e. The number of nitrogens with zero attached hydrogens (tertiary/aromatic N) is 3. The van der Waals surface area contributed by atoms with E-state index in [2.05, 4.69) is 15.5 Å². The molecule has 0 aliphatic carbocycles. The van der Waals surface area contributed by atoms with Crippen LogP contribution in [0.1, 0.15) is 37.4 Å². The average Bonchev–Trinajstić information content (AvgIpc) is 2.82. The number of amides is 2. The van der Waals surface area contributed by atoms with Crippen LogP contribution in [0.5, 0.6) is 0 Å². The molecule has 0 unspecified atom stereocenters. The van der Waals surface area contributed by atoms with Crippen LogP contribution in [-0.4, -0.2) is 46.2 Å². The van der Waals surface area contributed by atoms with Gasteiger partial charge in [-0.05, 0) is 19.1 Å². The van der Waals surface area contributed by atoms with Crippen LogP contribution in [0.4, 0.5) is 0 Å². The van der Waals surface area contributed by atoms with Crippen molar-refractivity contribution >= 4 is 23.6 Å². The third-order valence-electron chi connectivity index (χ3n) is 3.23. The number of hydrogen-bond donors (Lipinski definition) is 1. The third kappa shape index (κ3) is 5.04. The maximum absolute atomic E-state index is 11.9. The van der Waals surface area contributed by atoms with Crippen molar-refractivity contribution in [2.75, 3.05) is 19.3 Å². The molecular weight excluding hydrogens is 292 g/mol. The first-order valence-corrected chi connectivity index (χ1v) is 8.43. The molecule has 0 aromatic carbocycles. The van der Waals surface area contributed by atoms with Crippen LogP contribution < -0.4 is 5.32 Å². The Bertz CT molecular complexity index is 492. The van der Waals surface area contributed by atoms with Gasteiger partial charge in [0.1, 0.15) is 0 Å². The van der Waals surface area contributed by atoms with Gasteiger partial charge in [0.25, 0.3) is 0 Å². The second-order valence-electron chi connectivity index (χ2n) is 4.94. The van der Waals surface area contributed by atoms with Gasteiger partial charge in [0.05, 0.1) is 18.8 Å². The molecule has 1 aliphatic rings. The zero-order valence-electron chi connectivity index (χ0n) is 12.1. The SMILES string of the molecule is CSCc1noc(CNC(=O)CN2CCCCCC2=O)n1. The summed E-state index contributed by atoms with van der Waals surface area (Å²) in [6.07, 6.45) is 5.41. The van der Waals surface area contributed by atoms with Crippen molar-refractivity contribution < 1.29 is 14.1 Å². The van der Waals surface area contributed by atoms with Gasteiger partial charge in [0, 0.05) is 13.0 Å². The lowest BCUT2D eigenvalue weighted by Crippen LogP contribution is -2.40. The maximum atomic E-state index is 11.9. The molecule has 2 heterocycles. The minimum absolute atomic E-state index is 0.0581. The highest BCUT2D eigenvalue weighted by molar-refractivity contribution is 7.97. The molecule has 1 aromatic rings. The molecule has 1 aromatic heterocycles. The second kappa shape index (κ2) is 8.02. The Labute approximate surface area is 127 Å². The first-order valence-electron chi connectivity index (χ1n) is 7.04. The van der Waals surface area contributed by atoms with Crippen LogP contribution >= 0.6 is 11.8 Å². The van der Waals surface area contributed by atoms with Crippen LogP contribution in [-0.2, 0) is 21.9 Å². The summed E-state index contributed by atoms with van der Waals surface area (Å²) >= 11 is 1.60. The van der Waals surface area contributed by atoms with Crippen molar-refractivity contribution in [3.63, 3.8) is 0 Å². The van der Waals surface area contributed by atoms with Gasteiger partial charge >= 0.3 is 0 Å². The maximum Gasteiger partial charge on any atom is 0.246 e. The van der Waals surface area contributed by atoms with Gasteiger partial charge in [0.15, 0.2) is 5.82 Å². The van der Waals surface area contributed by atoms with Gasteiger partial charge in [-0.3, -0.25) is 9.59 Å². The molecule has 1 aliphatic heterocycles. The summed E-state index contributed by atoms with van der Waals surface area (Å²) in [5, 5.41) is 6.51. The molecule has 2 rings (SSSR count). The van der Waals surface area contributed by atoms with E-state index in [1.165, 1.54) is 0 Å². The van der Waals surface area contributed by atoms with Crippen LogP contribution in [0.15, 0.2) is 4.52 Å². The number of hydrogen-bond acceptors (Lipinski definition) is 6. The minimum Gasteiger partial charge on any atom is -0.345 e. The molecule has 0 saturated carbocycles. The van der Waals surface area contributed by atoms with E-state index in [0.29, 0.717) is 30.4 Å². The number of carbonyl (C=O) groups is 2. The number of nitrogens with one attached hydrogen (secondary N) is 1. The van der Waals surface area contributed by atoms with Crippen molar-refractivity contribution in [1.82, 2.24) is 20.4 Å². The van der Waals surface area contributed by atoms with Crippen LogP contribution in [0.2, 0.25) is 0 Å². The molecule has 8 heteroatoms. The lowest BCUT2D eigenvalue weighted by Gasteiger charge is -2.19. The highest BCUT2D eigenvalue weighted by Gasteiger charge is 2.19. The summed E-state index contributed by atoms with van der Waals surface area (Å²) in [4.78, 5) is 29.5. The van der Waals surface area contributed by atoms with Gasteiger partial charge in [0.2, 0.25) is 17.7 Å². The van der Waals surface area contributed by atoms with Crippen LogP contribution in [0.3, 0.4) is 0 Å². The fourth-order valence-electron chi connectivity index (χ4n) is 2.16. The number of aromatic nitrogens is 2. The van der Waals surface area contributed by atoms with Crippen LogP contribution in [0, 0.1) is 0 Å². The molecule has 116 valence electrons.